The lowest BCUT2D eigenvalue weighted by Crippen LogP contribution is -2.13. The molecule has 0 fully saturated rings. The van der Waals surface area contributed by atoms with E-state index in [1.807, 2.05) is 6.08 Å². The Kier molecular flexibility index (Phi) is 6.63. The maximum absolute atomic E-state index is 12.2. The van der Waals surface area contributed by atoms with Crippen LogP contribution in [-0.4, -0.2) is 35.7 Å². The van der Waals surface area contributed by atoms with Crippen molar-refractivity contribution < 1.29 is 45.2 Å². The number of hydrogen-bond acceptors (Lipinski definition) is 9. The lowest BCUT2D eigenvalue weighted by atomic mass is 9.78. The SMILES string of the molecule is Oc1ccc(C2=Cc3cc(O)cc4c3C(c3cc(O)c5c(c32)OC(c2ccc(O)cc2)C5c2cc(O)cc(O)c2)C(c2ccc(O)cc2)O4)cc1. The molecule has 0 bridgehead atoms. The standard InChI is InChI=1S/C42H30O9/c43-25-7-1-20(2-8-25)31-16-24-15-30(48)18-34-35(24)38(41(50-34)22-5-11-27(45)12-6-22)32-19-33(49)39-36(23-13-28(46)17-29(47)14-23)40(51-42(39)37(31)32)21-3-9-26(44)10-4-21/h1-19,36,38,40-41,43-49H. The molecule has 0 saturated carbocycles. The van der Waals surface area contributed by atoms with E-state index >= 15 is 0 Å². The first-order valence-corrected chi connectivity index (χ1v) is 16.3. The normalized spacial score (nSPS) is 19.6. The van der Waals surface area contributed by atoms with Crippen molar-refractivity contribution in [2.75, 3.05) is 0 Å². The van der Waals surface area contributed by atoms with E-state index in [-0.39, 0.29) is 40.2 Å². The fraction of sp³-hybridized carbons (Fsp3) is 0.0952. The van der Waals surface area contributed by atoms with Gasteiger partial charge in [0.25, 0.3) is 0 Å². The zero-order chi connectivity index (χ0) is 35.1. The third kappa shape index (κ3) is 4.85. The predicted octanol–water partition coefficient (Wildman–Crippen LogP) is 8.06. The Bertz CT molecular complexity index is 2380. The second-order valence-corrected chi connectivity index (χ2v) is 13.2. The molecule has 6 aromatic carbocycles. The molecule has 4 unspecified atom stereocenters. The van der Waals surface area contributed by atoms with E-state index in [0.717, 1.165) is 16.7 Å². The van der Waals surface area contributed by atoms with Crippen molar-refractivity contribution in [2.24, 2.45) is 0 Å². The maximum atomic E-state index is 12.2. The average molecular weight is 679 g/mol. The second kappa shape index (κ2) is 11.1. The van der Waals surface area contributed by atoms with Crippen molar-refractivity contribution in [2.45, 2.75) is 24.0 Å². The Morgan fingerprint density at radius 2 is 1.00 bits per heavy atom. The number of benzene rings is 6. The molecule has 0 radical (unpaired) electrons. The number of phenolic OH excluding ortho intramolecular Hbond substituents is 7. The van der Waals surface area contributed by atoms with E-state index in [4.69, 9.17) is 9.47 Å². The average Bonchev–Trinajstić information content (AvgIpc) is 3.64. The topological polar surface area (TPSA) is 160 Å². The molecular weight excluding hydrogens is 648 g/mol. The Hall–Kier alpha value is -6.74. The van der Waals surface area contributed by atoms with Crippen LogP contribution in [0.25, 0.3) is 11.6 Å². The molecule has 0 saturated heterocycles. The fourth-order valence-corrected chi connectivity index (χ4v) is 7.91. The molecule has 9 rings (SSSR count). The Morgan fingerprint density at radius 3 is 1.61 bits per heavy atom. The summed E-state index contributed by atoms with van der Waals surface area (Å²) in [6.07, 6.45) is 0.548. The number of hydrogen-bond donors (Lipinski definition) is 7. The van der Waals surface area contributed by atoms with Gasteiger partial charge in [-0.3, -0.25) is 0 Å². The van der Waals surface area contributed by atoms with Gasteiger partial charge in [0, 0.05) is 28.8 Å². The van der Waals surface area contributed by atoms with Gasteiger partial charge in [-0.15, -0.1) is 0 Å². The predicted molar refractivity (Wildman–Crippen MR) is 188 cm³/mol. The summed E-state index contributed by atoms with van der Waals surface area (Å²) < 4.78 is 13.5. The van der Waals surface area contributed by atoms with E-state index in [1.54, 1.807) is 91.0 Å². The van der Waals surface area contributed by atoms with Crippen LogP contribution in [0, 0.1) is 0 Å². The van der Waals surface area contributed by atoms with E-state index in [2.05, 4.69) is 0 Å². The highest BCUT2D eigenvalue weighted by Crippen LogP contribution is 2.62. The van der Waals surface area contributed by atoms with Crippen molar-refractivity contribution in [3.8, 4) is 51.7 Å². The van der Waals surface area contributed by atoms with Crippen LogP contribution in [0.1, 0.15) is 74.1 Å². The van der Waals surface area contributed by atoms with Crippen LogP contribution in [-0.2, 0) is 0 Å². The summed E-state index contributed by atoms with van der Waals surface area (Å²) >= 11 is 0. The van der Waals surface area contributed by atoms with E-state index in [0.29, 0.717) is 50.5 Å². The molecule has 0 aromatic heterocycles. The van der Waals surface area contributed by atoms with Gasteiger partial charge in [-0.05, 0) is 106 Å². The minimum atomic E-state index is -0.766. The molecule has 9 nitrogen and oxygen atoms in total. The smallest absolute Gasteiger partial charge is 0.136 e. The molecule has 7 N–H and O–H groups in total. The van der Waals surface area contributed by atoms with Crippen LogP contribution < -0.4 is 9.47 Å². The number of phenols is 7. The Morgan fingerprint density at radius 1 is 0.451 bits per heavy atom. The van der Waals surface area contributed by atoms with Crippen LogP contribution >= 0.6 is 0 Å². The Balaban J connectivity index is 1.36. The van der Waals surface area contributed by atoms with Gasteiger partial charge in [-0.25, -0.2) is 0 Å². The summed E-state index contributed by atoms with van der Waals surface area (Å²) in [5, 5.41) is 74.7. The van der Waals surface area contributed by atoms with Crippen LogP contribution in [0.3, 0.4) is 0 Å². The second-order valence-electron chi connectivity index (χ2n) is 13.2. The van der Waals surface area contributed by atoms with E-state index in [9.17, 15) is 35.7 Å². The maximum Gasteiger partial charge on any atom is 0.136 e. The molecule has 51 heavy (non-hydrogen) atoms. The van der Waals surface area contributed by atoms with Crippen LogP contribution in [0.2, 0.25) is 0 Å². The van der Waals surface area contributed by atoms with Crippen molar-refractivity contribution in [3.63, 3.8) is 0 Å². The molecular formula is C42H30O9. The number of rotatable bonds is 4. The van der Waals surface area contributed by atoms with Gasteiger partial charge in [0.1, 0.15) is 64.0 Å². The summed E-state index contributed by atoms with van der Waals surface area (Å²) in [6, 6.07) is 29.2. The van der Waals surface area contributed by atoms with Gasteiger partial charge < -0.3 is 45.2 Å². The molecule has 0 spiro atoms. The minimum Gasteiger partial charge on any atom is -0.508 e. The summed E-state index contributed by atoms with van der Waals surface area (Å²) in [5.74, 6) is -0.561. The zero-order valence-corrected chi connectivity index (χ0v) is 26.7. The summed E-state index contributed by atoms with van der Waals surface area (Å²) in [7, 11) is 0. The van der Waals surface area contributed by atoms with Crippen molar-refractivity contribution in [1.82, 2.24) is 0 Å². The highest BCUT2D eigenvalue weighted by atomic mass is 16.5. The molecule has 2 heterocycles. The largest absolute Gasteiger partial charge is 0.508 e. The summed E-state index contributed by atoms with van der Waals surface area (Å²) in [4.78, 5) is 0. The molecule has 9 heteroatoms. The molecule has 4 atom stereocenters. The highest BCUT2D eigenvalue weighted by molar-refractivity contribution is 5.98. The lowest BCUT2D eigenvalue weighted by molar-refractivity contribution is 0.217. The fourth-order valence-electron chi connectivity index (χ4n) is 7.91. The van der Waals surface area contributed by atoms with Crippen LogP contribution in [0.4, 0.5) is 0 Å². The Labute approximate surface area is 291 Å². The first-order valence-electron chi connectivity index (χ1n) is 16.3. The molecule has 6 aromatic rings. The molecule has 0 amide bonds. The van der Waals surface area contributed by atoms with E-state index < -0.39 is 24.0 Å². The van der Waals surface area contributed by atoms with Gasteiger partial charge in [0.15, 0.2) is 0 Å². The van der Waals surface area contributed by atoms with Gasteiger partial charge in [-0.1, -0.05) is 36.4 Å². The van der Waals surface area contributed by atoms with Crippen molar-refractivity contribution >= 4 is 11.6 Å². The number of ether oxygens (including phenoxy) is 2. The molecule has 1 aliphatic carbocycles. The quantitative estimate of drug-likeness (QED) is 0.0979. The molecule has 252 valence electrons. The van der Waals surface area contributed by atoms with Gasteiger partial charge in [0.05, 0.1) is 11.8 Å². The first-order chi connectivity index (χ1) is 24.6. The lowest BCUT2D eigenvalue weighted by Gasteiger charge is -2.25. The third-order valence-corrected chi connectivity index (χ3v) is 10.0. The molecule has 3 aliphatic rings. The first kappa shape index (κ1) is 30.3. The minimum absolute atomic E-state index is 0.00148. The van der Waals surface area contributed by atoms with Gasteiger partial charge in [0.2, 0.25) is 0 Å². The van der Waals surface area contributed by atoms with Crippen LogP contribution in [0.5, 0.6) is 51.7 Å². The summed E-state index contributed by atoms with van der Waals surface area (Å²) in [5.41, 5.74) is 6.57. The highest BCUT2D eigenvalue weighted by Gasteiger charge is 2.47. The monoisotopic (exact) mass is 678 g/mol. The van der Waals surface area contributed by atoms with Crippen LogP contribution in [0.15, 0.2) is 109 Å². The number of aromatic hydroxyl groups is 7. The van der Waals surface area contributed by atoms with Crippen molar-refractivity contribution in [3.05, 3.63) is 159 Å². The van der Waals surface area contributed by atoms with Gasteiger partial charge >= 0.3 is 0 Å². The molecule has 2 aliphatic heterocycles. The zero-order valence-electron chi connectivity index (χ0n) is 26.7. The van der Waals surface area contributed by atoms with Crippen molar-refractivity contribution in [1.29, 1.82) is 0 Å². The van der Waals surface area contributed by atoms with E-state index in [1.165, 1.54) is 18.2 Å². The summed E-state index contributed by atoms with van der Waals surface area (Å²) in [6.45, 7) is 0. The number of fused-ring (bicyclic) bond motifs is 4. The van der Waals surface area contributed by atoms with Gasteiger partial charge in [-0.2, -0.15) is 0 Å². The third-order valence-electron chi connectivity index (χ3n) is 10.0.